The molecule has 0 aromatic heterocycles. The van der Waals surface area contributed by atoms with Crippen LogP contribution in [0.15, 0.2) is 0 Å². The lowest BCUT2D eigenvalue weighted by Gasteiger charge is -2.34. The third kappa shape index (κ3) is 12.6. The van der Waals surface area contributed by atoms with Gasteiger partial charge in [0.2, 0.25) is 0 Å². The molecule has 0 bridgehead atoms. The lowest BCUT2D eigenvalue weighted by Crippen LogP contribution is -2.42. The van der Waals surface area contributed by atoms with Crippen molar-refractivity contribution in [3.63, 3.8) is 0 Å². The van der Waals surface area contributed by atoms with Crippen molar-refractivity contribution in [1.29, 1.82) is 0 Å². The molecule has 0 saturated heterocycles. The molecule has 172 valence electrons. The van der Waals surface area contributed by atoms with Crippen molar-refractivity contribution < 1.29 is 18.4 Å². The van der Waals surface area contributed by atoms with Crippen molar-refractivity contribution in [3.05, 3.63) is 0 Å². The summed E-state index contributed by atoms with van der Waals surface area (Å²) in [6.45, 7) is 12.0. The van der Waals surface area contributed by atoms with Crippen LogP contribution in [0.2, 0.25) is 36.3 Å². The lowest BCUT2D eigenvalue weighted by atomic mass is 10.4. The summed E-state index contributed by atoms with van der Waals surface area (Å²) in [6.07, 6.45) is 10.2. The van der Waals surface area contributed by atoms with Crippen LogP contribution in [-0.4, -0.2) is 28.6 Å². The molecule has 0 N–H and O–H groups in total. The van der Waals surface area contributed by atoms with Gasteiger partial charge in [-0.15, -0.1) is 0 Å². The molecule has 0 aromatic rings. The lowest BCUT2D eigenvalue weighted by molar-refractivity contribution is -0.133. The van der Waals surface area contributed by atoms with Crippen LogP contribution in [0.1, 0.15) is 99.3 Å². The highest BCUT2D eigenvalue weighted by Crippen LogP contribution is 2.34. The van der Waals surface area contributed by atoms with Gasteiger partial charge in [0.25, 0.3) is 28.6 Å². The van der Waals surface area contributed by atoms with E-state index in [9.17, 15) is 9.59 Å². The van der Waals surface area contributed by atoms with Gasteiger partial charge >= 0.3 is 0 Å². The first-order valence-corrected chi connectivity index (χ1v) is 17.2. The Labute approximate surface area is 182 Å². The average molecular weight is 445 g/mol. The largest absolute Gasteiger partial charge is 0.519 e. The molecule has 0 aromatic carbocycles. The monoisotopic (exact) mass is 444 g/mol. The molecular weight excluding hydrogens is 396 g/mol. The summed E-state index contributed by atoms with van der Waals surface area (Å²) in [7, 11) is -4.14. The second-order valence-corrected chi connectivity index (χ2v) is 17.0. The minimum atomic E-state index is -2.07. The van der Waals surface area contributed by atoms with Gasteiger partial charge in [0.1, 0.15) is 0 Å². The zero-order valence-corrected chi connectivity index (χ0v) is 22.2. The maximum Gasteiger partial charge on any atom is 0.289 e. The summed E-state index contributed by atoms with van der Waals surface area (Å²) < 4.78 is 12.2. The highest BCUT2D eigenvalue weighted by molar-refractivity contribution is 6.76. The quantitative estimate of drug-likeness (QED) is 0.204. The number of carbonyl (C=O) groups is 2. The Morgan fingerprint density at radius 1 is 0.517 bits per heavy atom. The molecule has 4 nitrogen and oxygen atoms in total. The van der Waals surface area contributed by atoms with Crippen LogP contribution in [-0.2, 0) is 18.4 Å². The summed E-state index contributed by atoms with van der Waals surface area (Å²) in [5, 5.41) is 0. The van der Waals surface area contributed by atoms with E-state index in [0.29, 0.717) is 0 Å². The zero-order chi connectivity index (χ0) is 22.2. The molecule has 29 heavy (non-hydrogen) atoms. The van der Waals surface area contributed by atoms with Gasteiger partial charge in [-0.25, -0.2) is 0 Å². The van der Waals surface area contributed by atoms with Gasteiger partial charge in [-0.3, -0.25) is 9.59 Å². The molecule has 0 radical (unpaired) electrons. The number of carbonyl (C=O) groups excluding carboxylic acids is 2. The van der Waals surface area contributed by atoms with Crippen molar-refractivity contribution in [3.8, 4) is 0 Å². The fourth-order valence-corrected chi connectivity index (χ4v) is 13.7. The van der Waals surface area contributed by atoms with E-state index in [1.54, 1.807) is 13.8 Å². The molecule has 0 unspecified atom stereocenters. The molecule has 0 spiro atoms. The molecule has 0 aliphatic heterocycles. The van der Waals surface area contributed by atoms with E-state index in [1.165, 1.54) is 0 Å². The van der Waals surface area contributed by atoms with E-state index in [2.05, 4.69) is 27.7 Å². The van der Waals surface area contributed by atoms with E-state index in [-0.39, 0.29) is 11.9 Å². The predicted octanol–water partition coefficient (Wildman–Crippen LogP) is 7.59. The first kappa shape index (κ1) is 28.4. The summed E-state index contributed by atoms with van der Waals surface area (Å²) in [5.74, 6) is -0.214. The molecule has 0 aliphatic rings. The maximum absolute atomic E-state index is 11.9. The Kier molecular flexibility index (Phi) is 15.8. The standard InChI is InChI=1S/C23H48O4Si2/c1-7-11-16-28(17-12-8-2,26-22(5)24)20-15-21-29(18-13-9-3,19-14-10-4)27-23(6)25/h7-21H2,1-6H3. The van der Waals surface area contributed by atoms with Crippen molar-refractivity contribution in [2.45, 2.75) is 136 Å². The first-order chi connectivity index (χ1) is 13.8. The fourth-order valence-electron chi connectivity index (χ4n) is 4.39. The van der Waals surface area contributed by atoms with E-state index in [0.717, 1.165) is 94.1 Å². The zero-order valence-electron chi connectivity index (χ0n) is 20.2. The van der Waals surface area contributed by atoms with Gasteiger partial charge in [-0.2, -0.15) is 0 Å². The van der Waals surface area contributed by atoms with Crippen LogP contribution in [0.4, 0.5) is 0 Å². The Morgan fingerprint density at radius 3 is 0.966 bits per heavy atom. The summed E-state index contributed by atoms with van der Waals surface area (Å²) in [6, 6.07) is 6.37. The van der Waals surface area contributed by atoms with Gasteiger partial charge in [-0.05, 0) is 36.3 Å². The molecule has 0 atom stereocenters. The minimum Gasteiger partial charge on any atom is -0.519 e. The van der Waals surface area contributed by atoms with E-state index in [4.69, 9.17) is 8.85 Å². The molecular formula is C23H48O4Si2. The van der Waals surface area contributed by atoms with E-state index < -0.39 is 16.6 Å². The predicted molar refractivity (Wildman–Crippen MR) is 128 cm³/mol. The van der Waals surface area contributed by atoms with Crippen molar-refractivity contribution >= 4 is 28.6 Å². The maximum atomic E-state index is 11.9. The fraction of sp³-hybridized carbons (Fsp3) is 0.913. The molecule has 6 heteroatoms. The van der Waals surface area contributed by atoms with Crippen LogP contribution < -0.4 is 0 Å². The Bertz CT molecular complexity index is 398. The minimum absolute atomic E-state index is 0.107. The first-order valence-electron chi connectivity index (χ1n) is 12.2. The highest BCUT2D eigenvalue weighted by Gasteiger charge is 2.40. The van der Waals surface area contributed by atoms with E-state index >= 15 is 0 Å². The molecule has 0 amide bonds. The van der Waals surface area contributed by atoms with Crippen LogP contribution >= 0.6 is 0 Å². The number of hydrogen-bond donors (Lipinski definition) is 0. The molecule has 0 rings (SSSR count). The molecule has 0 saturated carbocycles. The average Bonchev–Trinajstić information content (AvgIpc) is 2.66. The summed E-state index contributed by atoms with van der Waals surface area (Å²) >= 11 is 0. The second-order valence-electron chi connectivity index (χ2n) is 8.82. The Morgan fingerprint density at radius 2 is 0.759 bits per heavy atom. The Balaban J connectivity index is 5.37. The number of hydrogen-bond acceptors (Lipinski definition) is 4. The second kappa shape index (κ2) is 16.1. The van der Waals surface area contributed by atoms with Gasteiger partial charge in [0.15, 0.2) is 0 Å². The smallest absolute Gasteiger partial charge is 0.289 e. The summed E-state index contributed by atoms with van der Waals surface area (Å²) in [5.41, 5.74) is 0. The Hall–Kier alpha value is -0.626. The highest BCUT2D eigenvalue weighted by atomic mass is 28.4. The van der Waals surface area contributed by atoms with E-state index in [1.807, 2.05) is 0 Å². The van der Waals surface area contributed by atoms with Crippen LogP contribution in [0, 0.1) is 0 Å². The summed E-state index contributed by atoms with van der Waals surface area (Å²) in [4.78, 5) is 23.9. The number of unbranched alkanes of at least 4 members (excludes halogenated alkanes) is 4. The van der Waals surface area contributed by atoms with Crippen LogP contribution in [0.5, 0.6) is 0 Å². The third-order valence-corrected chi connectivity index (χ3v) is 15.0. The topological polar surface area (TPSA) is 52.6 Å². The van der Waals surface area contributed by atoms with Crippen LogP contribution in [0.3, 0.4) is 0 Å². The van der Waals surface area contributed by atoms with Gasteiger partial charge in [0, 0.05) is 13.8 Å². The normalized spacial score (nSPS) is 12.1. The van der Waals surface area contributed by atoms with Crippen molar-refractivity contribution in [2.24, 2.45) is 0 Å². The molecule has 0 fully saturated rings. The SMILES string of the molecule is CCCC[Si](CCCC)(CCC[Si](CCCC)(CCCC)OC(C)=O)OC(C)=O. The molecule has 0 heterocycles. The van der Waals surface area contributed by atoms with Crippen molar-refractivity contribution in [2.75, 3.05) is 0 Å². The number of rotatable bonds is 18. The van der Waals surface area contributed by atoms with Gasteiger partial charge < -0.3 is 8.85 Å². The van der Waals surface area contributed by atoms with Gasteiger partial charge in [-0.1, -0.05) is 85.5 Å². The van der Waals surface area contributed by atoms with Crippen molar-refractivity contribution in [1.82, 2.24) is 0 Å². The third-order valence-electron chi connectivity index (χ3n) is 5.93. The van der Waals surface area contributed by atoms with Crippen LogP contribution in [0.25, 0.3) is 0 Å². The molecule has 0 aliphatic carbocycles. The van der Waals surface area contributed by atoms with Gasteiger partial charge in [0.05, 0.1) is 0 Å².